The number of carbonyl (C=O) groups is 2. The third-order valence-electron chi connectivity index (χ3n) is 1.17. The maximum atomic E-state index is 10.7. The van der Waals surface area contributed by atoms with Crippen LogP contribution in [0.1, 0.15) is 10.4 Å². The van der Waals surface area contributed by atoms with Crippen LogP contribution in [0.2, 0.25) is 0 Å². The Morgan fingerprint density at radius 2 is 2.00 bits per heavy atom. The van der Waals surface area contributed by atoms with Gasteiger partial charge in [0, 0.05) is 11.8 Å². The number of aromatic nitrogens is 1. The molecule has 1 heterocycles. The number of nitrogens with zero attached hydrogens (tertiary/aromatic N) is 1. The Balaban J connectivity index is 0.00000144. The molecule has 13 heavy (non-hydrogen) atoms. The van der Waals surface area contributed by atoms with Crippen LogP contribution in [0.25, 0.3) is 0 Å². The fourth-order valence-corrected chi connectivity index (χ4v) is 0.863. The fourth-order valence-electron chi connectivity index (χ4n) is 0.628. The molecular weight excluding hydrogens is 249 g/mol. The maximum Gasteiger partial charge on any atom is 1.00 e. The second-order valence-electron chi connectivity index (χ2n) is 1.99. The van der Waals surface area contributed by atoms with Crippen molar-refractivity contribution in [3.63, 3.8) is 0 Å². The number of carboxylic acid groups (broad SMARTS) is 1. The van der Waals surface area contributed by atoms with E-state index < -0.39 is 11.8 Å². The van der Waals surface area contributed by atoms with E-state index in [2.05, 4.69) is 20.9 Å². The first-order chi connectivity index (χ1) is 5.61. The summed E-state index contributed by atoms with van der Waals surface area (Å²) >= 11 is 3.05. The molecule has 6 heteroatoms. The summed E-state index contributed by atoms with van der Waals surface area (Å²) in [6.45, 7) is 0. The molecule has 0 saturated carbocycles. The van der Waals surface area contributed by atoms with Crippen molar-refractivity contribution in [3.05, 3.63) is 28.5 Å². The third kappa shape index (κ3) is 3.56. The number of pyridine rings is 1. The van der Waals surface area contributed by atoms with Crippen LogP contribution in [-0.2, 0) is 4.79 Å². The largest absolute Gasteiger partial charge is 1.00 e. The van der Waals surface area contributed by atoms with Gasteiger partial charge in [-0.1, -0.05) is 0 Å². The van der Waals surface area contributed by atoms with Crippen LogP contribution in [0.5, 0.6) is 0 Å². The van der Waals surface area contributed by atoms with Gasteiger partial charge in [0.2, 0.25) is 5.78 Å². The van der Waals surface area contributed by atoms with Crippen molar-refractivity contribution < 1.29 is 44.3 Å². The maximum absolute atomic E-state index is 10.7. The van der Waals surface area contributed by atoms with Crippen molar-refractivity contribution in [3.8, 4) is 0 Å². The second kappa shape index (κ2) is 5.49. The quantitative estimate of drug-likeness (QED) is 0.240. The summed E-state index contributed by atoms with van der Waals surface area (Å²) in [5.41, 5.74) is 0.0122. The Kier molecular flexibility index (Phi) is 5.39. The molecule has 62 valence electrons. The van der Waals surface area contributed by atoms with E-state index in [0.29, 0.717) is 4.60 Å². The van der Waals surface area contributed by atoms with Crippen molar-refractivity contribution in [2.75, 3.05) is 0 Å². The molecule has 0 spiro atoms. The van der Waals surface area contributed by atoms with E-state index in [-0.39, 0.29) is 35.1 Å². The Bertz CT molecular complexity index is 325. The molecule has 0 aliphatic carbocycles. The summed E-state index contributed by atoms with van der Waals surface area (Å²) in [7, 11) is 0. The normalized spacial score (nSPS) is 8.69. The van der Waals surface area contributed by atoms with Gasteiger partial charge >= 0.3 is 29.6 Å². The molecule has 1 aromatic rings. The molecule has 0 aliphatic heterocycles. The van der Waals surface area contributed by atoms with Crippen molar-refractivity contribution in [2.24, 2.45) is 0 Å². The van der Waals surface area contributed by atoms with Crippen molar-refractivity contribution in [2.45, 2.75) is 0 Å². The van der Waals surface area contributed by atoms with Gasteiger partial charge in [-0.2, -0.15) is 0 Å². The van der Waals surface area contributed by atoms with E-state index in [0.717, 1.165) is 0 Å². The van der Waals surface area contributed by atoms with Crippen LogP contribution in [0.4, 0.5) is 0 Å². The summed E-state index contributed by atoms with van der Waals surface area (Å²) in [4.78, 5) is 24.5. The predicted octanol–water partition coefficient (Wildman–Crippen LogP) is -3.22. The SMILES string of the molecule is O=C([O-])C(=O)c1ccc(Br)nc1.[Na+]. The van der Waals surface area contributed by atoms with E-state index in [1.165, 1.54) is 18.3 Å². The number of hydrogen-bond donors (Lipinski definition) is 0. The molecule has 4 nitrogen and oxygen atoms in total. The molecule has 0 aromatic carbocycles. The van der Waals surface area contributed by atoms with Gasteiger partial charge in [-0.25, -0.2) is 4.98 Å². The molecule has 0 aliphatic rings. The Morgan fingerprint density at radius 3 is 2.38 bits per heavy atom. The zero-order valence-corrected chi connectivity index (χ0v) is 10.4. The number of hydrogen-bond acceptors (Lipinski definition) is 4. The van der Waals surface area contributed by atoms with Gasteiger partial charge in [0.1, 0.15) is 10.6 Å². The molecule has 0 bridgehead atoms. The standard InChI is InChI=1S/C7H4BrNO3.Na/c8-5-2-1-4(3-9-5)6(10)7(11)12;/h1-3H,(H,11,12);/q;+1/p-1. The average Bonchev–Trinajstić information content (AvgIpc) is 2.04. The minimum atomic E-state index is -1.72. The zero-order valence-electron chi connectivity index (χ0n) is 6.78. The monoisotopic (exact) mass is 251 g/mol. The first-order valence-corrected chi connectivity index (χ1v) is 3.78. The van der Waals surface area contributed by atoms with E-state index in [1.807, 2.05) is 0 Å². The number of aliphatic carboxylic acids is 1. The second-order valence-corrected chi connectivity index (χ2v) is 2.80. The molecule has 0 N–H and O–H groups in total. The molecule has 0 fully saturated rings. The number of halogens is 1. The fraction of sp³-hybridized carbons (Fsp3) is 0. The summed E-state index contributed by atoms with van der Waals surface area (Å²) in [5, 5.41) is 10.1. The van der Waals surface area contributed by atoms with E-state index >= 15 is 0 Å². The Hall–Kier alpha value is -0.230. The van der Waals surface area contributed by atoms with E-state index in [4.69, 9.17) is 0 Å². The Morgan fingerprint density at radius 1 is 1.38 bits per heavy atom. The molecule has 0 radical (unpaired) electrons. The summed E-state index contributed by atoms with van der Waals surface area (Å²) in [6.07, 6.45) is 1.17. The summed E-state index contributed by atoms with van der Waals surface area (Å²) < 4.78 is 0.539. The minimum absolute atomic E-state index is 0. The van der Waals surface area contributed by atoms with Crippen LogP contribution in [-0.4, -0.2) is 16.7 Å². The van der Waals surface area contributed by atoms with Crippen molar-refractivity contribution in [1.29, 1.82) is 0 Å². The number of carbonyl (C=O) groups excluding carboxylic acids is 2. The van der Waals surface area contributed by atoms with Crippen LogP contribution in [0, 0.1) is 0 Å². The Labute approximate surface area is 105 Å². The smallest absolute Gasteiger partial charge is 0.541 e. The zero-order chi connectivity index (χ0) is 9.14. The molecule has 0 unspecified atom stereocenters. The van der Waals surface area contributed by atoms with Crippen LogP contribution < -0.4 is 34.7 Å². The first kappa shape index (κ1) is 12.8. The van der Waals surface area contributed by atoms with Gasteiger partial charge in [-0.15, -0.1) is 0 Å². The topological polar surface area (TPSA) is 70.1 Å². The molecule has 0 amide bonds. The van der Waals surface area contributed by atoms with E-state index in [1.54, 1.807) is 0 Å². The van der Waals surface area contributed by atoms with Gasteiger partial charge < -0.3 is 9.90 Å². The van der Waals surface area contributed by atoms with Crippen LogP contribution in [0.3, 0.4) is 0 Å². The van der Waals surface area contributed by atoms with Crippen molar-refractivity contribution in [1.82, 2.24) is 4.98 Å². The number of carboxylic acids is 1. The van der Waals surface area contributed by atoms with Crippen molar-refractivity contribution >= 4 is 27.7 Å². The third-order valence-corrected chi connectivity index (χ3v) is 1.64. The predicted molar refractivity (Wildman–Crippen MR) is 41.3 cm³/mol. The van der Waals surface area contributed by atoms with E-state index in [9.17, 15) is 14.7 Å². The number of ketones is 1. The van der Waals surface area contributed by atoms with Gasteiger partial charge in [0.05, 0.1) is 0 Å². The van der Waals surface area contributed by atoms with Crippen LogP contribution >= 0.6 is 15.9 Å². The molecule has 0 atom stereocenters. The van der Waals surface area contributed by atoms with Crippen LogP contribution in [0.15, 0.2) is 22.9 Å². The molecule has 0 saturated heterocycles. The van der Waals surface area contributed by atoms with Gasteiger partial charge in [0.15, 0.2) is 0 Å². The van der Waals surface area contributed by atoms with Gasteiger partial charge in [0.25, 0.3) is 0 Å². The first-order valence-electron chi connectivity index (χ1n) is 2.98. The average molecular weight is 252 g/mol. The molecular formula is C7H3BrNNaO3. The minimum Gasteiger partial charge on any atom is -0.541 e. The summed E-state index contributed by atoms with van der Waals surface area (Å²) in [5.74, 6) is -2.78. The number of rotatable bonds is 2. The molecule has 1 rings (SSSR count). The van der Waals surface area contributed by atoms with Gasteiger partial charge in [-0.05, 0) is 28.1 Å². The molecule has 1 aromatic heterocycles. The number of Topliss-reactive ketones (excluding diaryl/α,β-unsaturated/α-hetero) is 1. The summed E-state index contributed by atoms with van der Waals surface area (Å²) in [6, 6.07) is 2.84. The van der Waals surface area contributed by atoms with Gasteiger partial charge in [-0.3, -0.25) is 4.79 Å².